The fourth-order valence-electron chi connectivity index (χ4n) is 3.73. The summed E-state index contributed by atoms with van der Waals surface area (Å²) in [4.78, 5) is 0. The standard InChI is InChI=1S/C23H30N4O4/c1-21(28)14-16(18-8-4-5-9-19(18)20-24-26-27-25-20)10-11-17(15-21)22(2,29)12-6-7-13-23(3,30)31/h4-5,8-11,14-15,28-31H,6-7,12-13H2,1-3H3,(H,24,25,26,27). The molecule has 1 aliphatic carbocycles. The zero-order chi connectivity index (χ0) is 22.7. The summed E-state index contributed by atoms with van der Waals surface area (Å²) >= 11 is 0. The number of hydrogen-bond donors (Lipinski definition) is 5. The van der Waals surface area contributed by atoms with E-state index in [0.717, 1.165) is 16.7 Å². The monoisotopic (exact) mass is 426 g/mol. The number of tetrazole rings is 1. The Bertz CT molecular complexity index is 983. The highest BCUT2D eigenvalue weighted by Gasteiger charge is 2.29. The van der Waals surface area contributed by atoms with E-state index in [-0.39, 0.29) is 6.42 Å². The lowest BCUT2D eigenvalue weighted by Crippen LogP contribution is -2.29. The Kier molecular flexibility index (Phi) is 6.56. The molecule has 8 nitrogen and oxygen atoms in total. The van der Waals surface area contributed by atoms with Crippen molar-refractivity contribution in [3.8, 4) is 11.4 Å². The van der Waals surface area contributed by atoms with Crippen molar-refractivity contribution in [1.82, 2.24) is 20.6 Å². The molecule has 1 aromatic heterocycles. The molecule has 3 rings (SSSR count). The highest BCUT2D eigenvalue weighted by atomic mass is 16.5. The van der Waals surface area contributed by atoms with Crippen molar-refractivity contribution in [3.63, 3.8) is 0 Å². The van der Waals surface area contributed by atoms with Crippen molar-refractivity contribution >= 4 is 5.57 Å². The van der Waals surface area contributed by atoms with Gasteiger partial charge in [0.2, 0.25) is 5.82 Å². The van der Waals surface area contributed by atoms with E-state index in [2.05, 4.69) is 20.6 Å². The molecule has 2 aromatic rings. The lowest BCUT2D eigenvalue weighted by Gasteiger charge is -2.27. The van der Waals surface area contributed by atoms with Crippen molar-refractivity contribution in [3.05, 3.63) is 59.7 Å². The lowest BCUT2D eigenvalue weighted by atomic mass is 9.87. The molecular weight excluding hydrogens is 396 g/mol. The van der Waals surface area contributed by atoms with Gasteiger partial charge in [-0.25, -0.2) is 0 Å². The number of aromatic nitrogens is 4. The average molecular weight is 427 g/mol. The quantitative estimate of drug-likeness (QED) is 0.323. The molecule has 0 amide bonds. The molecule has 1 aliphatic rings. The minimum absolute atomic E-state index is 0.230. The van der Waals surface area contributed by atoms with Gasteiger partial charge in [0.25, 0.3) is 0 Å². The highest BCUT2D eigenvalue weighted by molar-refractivity contribution is 5.85. The number of nitrogens with one attached hydrogen (secondary N) is 1. The van der Waals surface area contributed by atoms with Crippen LogP contribution in [0.2, 0.25) is 0 Å². The van der Waals surface area contributed by atoms with Crippen molar-refractivity contribution in [2.24, 2.45) is 0 Å². The van der Waals surface area contributed by atoms with Gasteiger partial charge in [0, 0.05) is 12.0 Å². The Labute approximate surface area is 181 Å². The Morgan fingerprint density at radius 1 is 0.968 bits per heavy atom. The number of hydrogen-bond acceptors (Lipinski definition) is 7. The molecule has 1 heterocycles. The van der Waals surface area contributed by atoms with E-state index >= 15 is 0 Å². The number of aliphatic hydroxyl groups is 4. The molecule has 0 saturated carbocycles. The molecule has 2 atom stereocenters. The van der Waals surface area contributed by atoms with E-state index in [1.807, 2.05) is 36.4 Å². The summed E-state index contributed by atoms with van der Waals surface area (Å²) in [7, 11) is 0. The van der Waals surface area contributed by atoms with Gasteiger partial charge in [0.05, 0.1) is 11.2 Å². The lowest BCUT2D eigenvalue weighted by molar-refractivity contribution is -0.150. The van der Waals surface area contributed by atoms with Crippen LogP contribution in [0.5, 0.6) is 0 Å². The summed E-state index contributed by atoms with van der Waals surface area (Å²) in [5.41, 5.74) is 0.490. The summed E-state index contributed by atoms with van der Waals surface area (Å²) < 4.78 is 0. The summed E-state index contributed by atoms with van der Waals surface area (Å²) in [5.74, 6) is -1.25. The number of aromatic amines is 1. The topological polar surface area (TPSA) is 135 Å². The van der Waals surface area contributed by atoms with Crippen LogP contribution in [-0.2, 0) is 0 Å². The number of H-pyrrole nitrogens is 1. The maximum absolute atomic E-state index is 11.1. The minimum Gasteiger partial charge on any atom is -0.385 e. The number of nitrogens with zero attached hydrogens (tertiary/aromatic N) is 3. The molecule has 5 N–H and O–H groups in total. The molecule has 2 unspecified atom stereocenters. The van der Waals surface area contributed by atoms with E-state index in [1.165, 1.54) is 6.92 Å². The van der Waals surface area contributed by atoms with Gasteiger partial charge in [-0.15, -0.1) is 10.2 Å². The van der Waals surface area contributed by atoms with Crippen LogP contribution in [0.4, 0.5) is 0 Å². The zero-order valence-corrected chi connectivity index (χ0v) is 18.1. The summed E-state index contributed by atoms with van der Waals surface area (Å²) in [6.07, 6.45) is 8.87. The fraction of sp³-hybridized carbons (Fsp3) is 0.435. The van der Waals surface area contributed by atoms with Crippen molar-refractivity contribution < 1.29 is 20.4 Å². The van der Waals surface area contributed by atoms with Crippen LogP contribution in [0, 0.1) is 0 Å². The third-order valence-corrected chi connectivity index (χ3v) is 5.35. The normalized spacial score (nSPS) is 21.3. The van der Waals surface area contributed by atoms with E-state index < -0.39 is 17.0 Å². The first kappa shape index (κ1) is 23.0. The molecule has 0 saturated heterocycles. The molecule has 8 heteroatoms. The molecule has 0 radical (unpaired) electrons. The van der Waals surface area contributed by atoms with Gasteiger partial charge < -0.3 is 20.4 Å². The number of allylic oxidation sites excluding steroid dienone is 2. The van der Waals surface area contributed by atoms with Gasteiger partial charge in [-0.3, -0.25) is 0 Å². The van der Waals surface area contributed by atoms with E-state index in [0.29, 0.717) is 30.7 Å². The Balaban J connectivity index is 1.84. The predicted octanol–water partition coefficient (Wildman–Crippen LogP) is 2.51. The van der Waals surface area contributed by atoms with Crippen LogP contribution in [0.25, 0.3) is 17.0 Å². The Morgan fingerprint density at radius 2 is 1.65 bits per heavy atom. The molecule has 0 spiro atoms. The highest BCUT2D eigenvalue weighted by Crippen LogP contribution is 2.35. The van der Waals surface area contributed by atoms with Gasteiger partial charge in [0.1, 0.15) is 0 Å². The van der Waals surface area contributed by atoms with E-state index in [1.54, 1.807) is 26.0 Å². The Hall–Kier alpha value is -2.65. The van der Waals surface area contributed by atoms with Crippen LogP contribution in [0.1, 0.15) is 52.0 Å². The van der Waals surface area contributed by atoms with Crippen molar-refractivity contribution in [2.75, 3.05) is 0 Å². The molecule has 31 heavy (non-hydrogen) atoms. The second-order valence-electron chi connectivity index (χ2n) is 8.74. The van der Waals surface area contributed by atoms with Crippen LogP contribution < -0.4 is 0 Å². The maximum atomic E-state index is 11.1. The van der Waals surface area contributed by atoms with Gasteiger partial charge in [-0.2, -0.15) is 5.21 Å². The van der Waals surface area contributed by atoms with Crippen LogP contribution in [0.15, 0.2) is 54.1 Å². The van der Waals surface area contributed by atoms with Gasteiger partial charge in [-0.05, 0) is 67.7 Å². The SMILES string of the molecule is CC1(O)C=C(c2ccccc2-c2nn[nH]n2)C=CC(C(C)(O)CCCCC(C)(O)O)=C1. The summed E-state index contributed by atoms with van der Waals surface area (Å²) in [6, 6.07) is 7.58. The molecule has 1 aromatic carbocycles. The van der Waals surface area contributed by atoms with Crippen LogP contribution in [-0.4, -0.2) is 58.0 Å². The second-order valence-corrected chi connectivity index (χ2v) is 8.74. The van der Waals surface area contributed by atoms with E-state index in [4.69, 9.17) is 0 Å². The largest absolute Gasteiger partial charge is 0.385 e. The number of unbranched alkanes of at least 4 members (excludes halogenated alkanes) is 1. The van der Waals surface area contributed by atoms with Crippen molar-refractivity contribution in [1.29, 1.82) is 0 Å². The maximum Gasteiger partial charge on any atom is 0.205 e. The summed E-state index contributed by atoms with van der Waals surface area (Å²) in [6.45, 7) is 4.71. The second kappa shape index (κ2) is 8.84. The van der Waals surface area contributed by atoms with Gasteiger partial charge in [0.15, 0.2) is 5.79 Å². The first-order valence-electron chi connectivity index (χ1n) is 10.3. The summed E-state index contributed by atoms with van der Waals surface area (Å²) in [5, 5.41) is 55.2. The first-order chi connectivity index (χ1) is 14.5. The minimum atomic E-state index is -1.71. The van der Waals surface area contributed by atoms with Crippen LogP contribution in [0.3, 0.4) is 0 Å². The van der Waals surface area contributed by atoms with E-state index in [9.17, 15) is 20.4 Å². The third-order valence-electron chi connectivity index (χ3n) is 5.35. The smallest absolute Gasteiger partial charge is 0.205 e. The zero-order valence-electron chi connectivity index (χ0n) is 18.1. The molecule has 0 fully saturated rings. The average Bonchev–Trinajstić information content (AvgIpc) is 3.15. The Morgan fingerprint density at radius 3 is 2.29 bits per heavy atom. The van der Waals surface area contributed by atoms with Gasteiger partial charge >= 0.3 is 0 Å². The van der Waals surface area contributed by atoms with Crippen molar-refractivity contribution in [2.45, 2.75) is 63.4 Å². The van der Waals surface area contributed by atoms with Crippen LogP contribution >= 0.6 is 0 Å². The predicted molar refractivity (Wildman–Crippen MR) is 117 cm³/mol. The molecule has 0 aliphatic heterocycles. The fourth-order valence-corrected chi connectivity index (χ4v) is 3.73. The number of benzene rings is 1. The molecule has 0 bridgehead atoms. The first-order valence-corrected chi connectivity index (χ1v) is 10.3. The van der Waals surface area contributed by atoms with Gasteiger partial charge in [-0.1, -0.05) is 42.8 Å². The number of rotatable bonds is 8. The third kappa shape index (κ3) is 6.18. The molecule has 166 valence electrons. The molecular formula is C23H30N4O4.